The first kappa shape index (κ1) is 15.3. The highest BCUT2D eigenvalue weighted by atomic mass is 32.2. The van der Waals surface area contributed by atoms with E-state index >= 15 is 0 Å². The van der Waals surface area contributed by atoms with Gasteiger partial charge in [-0.05, 0) is 31.7 Å². The summed E-state index contributed by atoms with van der Waals surface area (Å²) in [6.45, 7) is 1.49. The molecule has 22 heavy (non-hydrogen) atoms. The normalized spacial score (nSPS) is 20.1. The molecule has 7 heteroatoms. The van der Waals surface area contributed by atoms with Gasteiger partial charge in [0.1, 0.15) is 6.07 Å². The van der Waals surface area contributed by atoms with Gasteiger partial charge in [-0.25, -0.2) is 12.7 Å². The van der Waals surface area contributed by atoms with Crippen molar-refractivity contribution in [3.63, 3.8) is 0 Å². The van der Waals surface area contributed by atoms with E-state index < -0.39 is 10.0 Å². The van der Waals surface area contributed by atoms with Crippen molar-refractivity contribution in [2.45, 2.75) is 37.0 Å². The van der Waals surface area contributed by atoms with Crippen molar-refractivity contribution in [3.8, 4) is 6.07 Å². The van der Waals surface area contributed by atoms with Gasteiger partial charge >= 0.3 is 0 Å². The molecule has 0 radical (unpaired) electrons. The van der Waals surface area contributed by atoms with Crippen LogP contribution in [0.2, 0.25) is 0 Å². The number of rotatable bonds is 4. The topological polar surface area (TPSA) is 77.3 Å². The Kier molecular flexibility index (Phi) is 4.06. The molecule has 2 aliphatic rings. The molecule has 0 unspecified atom stereocenters. The SMILES string of the molecule is CN(C1CCN(c2cnccc2C#N)CC1)S(=O)(=O)C1CC1. The number of hydrogen-bond donors (Lipinski definition) is 0. The minimum atomic E-state index is -3.11. The fourth-order valence-corrected chi connectivity index (χ4v) is 4.84. The van der Waals surface area contributed by atoms with Gasteiger partial charge in [-0.15, -0.1) is 0 Å². The van der Waals surface area contributed by atoms with Gasteiger partial charge in [-0.1, -0.05) is 0 Å². The Balaban J connectivity index is 1.67. The molecule has 0 amide bonds. The summed E-state index contributed by atoms with van der Waals surface area (Å²) in [5, 5.41) is 9.02. The molecule has 3 rings (SSSR count). The summed E-state index contributed by atoms with van der Waals surface area (Å²) in [6, 6.07) is 3.96. The van der Waals surface area contributed by atoms with Crippen LogP contribution in [0, 0.1) is 11.3 Å². The van der Waals surface area contributed by atoms with Crippen molar-refractivity contribution in [2.75, 3.05) is 25.0 Å². The van der Waals surface area contributed by atoms with Crippen molar-refractivity contribution in [1.29, 1.82) is 5.26 Å². The number of aromatic nitrogens is 1. The highest BCUT2D eigenvalue weighted by Gasteiger charge is 2.41. The van der Waals surface area contributed by atoms with Crippen molar-refractivity contribution < 1.29 is 8.42 Å². The number of hydrogen-bond acceptors (Lipinski definition) is 5. The molecule has 1 aromatic heterocycles. The Morgan fingerprint density at radius 1 is 1.32 bits per heavy atom. The van der Waals surface area contributed by atoms with Crippen LogP contribution in [0.3, 0.4) is 0 Å². The average Bonchev–Trinajstić information content (AvgIpc) is 3.39. The zero-order chi connectivity index (χ0) is 15.7. The Morgan fingerprint density at radius 3 is 2.59 bits per heavy atom. The van der Waals surface area contributed by atoms with E-state index in [0.29, 0.717) is 5.56 Å². The van der Waals surface area contributed by atoms with Gasteiger partial charge in [0, 0.05) is 32.4 Å². The summed E-state index contributed by atoms with van der Waals surface area (Å²) < 4.78 is 26.2. The highest BCUT2D eigenvalue weighted by Crippen LogP contribution is 2.33. The molecule has 1 saturated carbocycles. The number of anilines is 1. The van der Waals surface area contributed by atoms with Crippen LogP contribution >= 0.6 is 0 Å². The second kappa shape index (κ2) is 5.86. The lowest BCUT2D eigenvalue weighted by Crippen LogP contribution is -2.46. The third-order valence-corrected chi connectivity index (χ3v) is 7.00. The predicted molar refractivity (Wildman–Crippen MR) is 83.9 cm³/mol. The number of sulfonamides is 1. The van der Waals surface area contributed by atoms with Crippen molar-refractivity contribution in [2.24, 2.45) is 0 Å². The summed E-state index contributed by atoms with van der Waals surface area (Å²) in [5.74, 6) is 0. The maximum Gasteiger partial charge on any atom is 0.216 e. The first-order valence-corrected chi connectivity index (χ1v) is 9.10. The Morgan fingerprint density at radius 2 is 2.00 bits per heavy atom. The molecule has 2 heterocycles. The van der Waals surface area contributed by atoms with Crippen molar-refractivity contribution >= 4 is 15.7 Å². The second-order valence-corrected chi connectivity index (χ2v) is 8.26. The number of nitriles is 1. The Bertz CT molecular complexity index is 686. The van der Waals surface area contributed by atoms with Gasteiger partial charge in [-0.2, -0.15) is 5.26 Å². The molecular weight excluding hydrogens is 300 g/mol. The predicted octanol–water partition coefficient (Wildman–Crippen LogP) is 1.35. The van der Waals surface area contributed by atoms with Gasteiger partial charge < -0.3 is 4.90 Å². The van der Waals surface area contributed by atoms with Gasteiger partial charge in [0.2, 0.25) is 10.0 Å². The molecule has 1 aliphatic carbocycles. The molecule has 1 aromatic rings. The maximum absolute atomic E-state index is 12.3. The third kappa shape index (κ3) is 2.81. The largest absolute Gasteiger partial charge is 0.369 e. The lowest BCUT2D eigenvalue weighted by Gasteiger charge is -2.37. The molecule has 6 nitrogen and oxygen atoms in total. The highest BCUT2D eigenvalue weighted by molar-refractivity contribution is 7.90. The molecule has 0 N–H and O–H groups in total. The molecule has 0 spiro atoms. The fraction of sp³-hybridized carbons (Fsp3) is 0.600. The van der Waals surface area contributed by atoms with Crippen LogP contribution in [0.25, 0.3) is 0 Å². The zero-order valence-corrected chi connectivity index (χ0v) is 13.5. The molecule has 1 aliphatic heterocycles. The monoisotopic (exact) mass is 320 g/mol. The van der Waals surface area contributed by atoms with Crippen LogP contribution in [0.5, 0.6) is 0 Å². The van der Waals surface area contributed by atoms with Crippen LogP contribution in [0.1, 0.15) is 31.2 Å². The van der Waals surface area contributed by atoms with Crippen molar-refractivity contribution in [3.05, 3.63) is 24.0 Å². The Labute approximate surface area is 131 Å². The van der Waals surface area contributed by atoms with Gasteiger partial charge in [0.25, 0.3) is 0 Å². The van der Waals surface area contributed by atoms with E-state index in [9.17, 15) is 13.7 Å². The van der Waals surface area contributed by atoms with Gasteiger partial charge in [0.05, 0.1) is 22.7 Å². The minimum Gasteiger partial charge on any atom is -0.369 e. The molecule has 1 saturated heterocycles. The van der Waals surface area contributed by atoms with Crippen LogP contribution in [-0.2, 0) is 10.0 Å². The Hall–Kier alpha value is -1.65. The number of piperidine rings is 1. The fourth-order valence-electron chi connectivity index (χ4n) is 3.01. The van der Waals surface area contributed by atoms with Gasteiger partial charge in [-0.3, -0.25) is 4.98 Å². The molecule has 0 aromatic carbocycles. The number of nitrogens with zero attached hydrogens (tertiary/aromatic N) is 4. The van der Waals surface area contributed by atoms with E-state index in [1.807, 2.05) is 0 Å². The first-order chi connectivity index (χ1) is 10.5. The van der Waals surface area contributed by atoms with E-state index in [1.54, 1.807) is 29.8 Å². The van der Waals surface area contributed by atoms with E-state index in [1.165, 1.54) is 0 Å². The van der Waals surface area contributed by atoms with Crippen LogP contribution in [0.15, 0.2) is 18.5 Å². The lowest BCUT2D eigenvalue weighted by molar-refractivity contribution is 0.311. The second-order valence-electron chi connectivity index (χ2n) is 5.98. The third-order valence-electron chi connectivity index (χ3n) is 4.59. The molecule has 0 atom stereocenters. The molecular formula is C15H20N4O2S. The van der Waals surface area contributed by atoms with Crippen LogP contribution in [-0.4, -0.2) is 49.1 Å². The van der Waals surface area contributed by atoms with E-state index in [4.69, 9.17) is 0 Å². The van der Waals surface area contributed by atoms with Crippen molar-refractivity contribution in [1.82, 2.24) is 9.29 Å². The van der Waals surface area contributed by atoms with Crippen LogP contribution < -0.4 is 4.90 Å². The van der Waals surface area contributed by atoms with E-state index in [-0.39, 0.29) is 11.3 Å². The summed E-state index contributed by atoms with van der Waals surface area (Å²) in [7, 11) is -1.40. The lowest BCUT2D eigenvalue weighted by atomic mass is 10.0. The summed E-state index contributed by atoms with van der Waals surface area (Å²) in [5.41, 5.74) is 1.46. The summed E-state index contributed by atoms with van der Waals surface area (Å²) >= 11 is 0. The molecule has 0 bridgehead atoms. The average molecular weight is 320 g/mol. The van der Waals surface area contributed by atoms with Crippen LogP contribution in [0.4, 0.5) is 5.69 Å². The van der Waals surface area contributed by atoms with E-state index in [0.717, 1.165) is 44.5 Å². The minimum absolute atomic E-state index is 0.0593. The molecule has 118 valence electrons. The number of pyridine rings is 1. The van der Waals surface area contributed by atoms with E-state index in [2.05, 4.69) is 16.0 Å². The zero-order valence-electron chi connectivity index (χ0n) is 12.6. The van der Waals surface area contributed by atoms with Gasteiger partial charge in [0.15, 0.2) is 0 Å². The molecule has 2 fully saturated rings. The smallest absolute Gasteiger partial charge is 0.216 e. The first-order valence-electron chi connectivity index (χ1n) is 7.60. The maximum atomic E-state index is 12.3. The quantitative estimate of drug-likeness (QED) is 0.837. The standard InChI is InChI=1S/C15H20N4O2S/c1-18(22(20,21)14-2-3-14)13-5-8-19(9-6-13)15-11-17-7-4-12(15)10-16/h4,7,11,13-14H,2-3,5-6,8-9H2,1H3. The summed E-state index contributed by atoms with van der Waals surface area (Å²) in [6.07, 6.45) is 6.48. The summed E-state index contributed by atoms with van der Waals surface area (Å²) in [4.78, 5) is 6.22.